The molecule has 3 aliphatic rings. The molecule has 186 valence electrons. The fourth-order valence-corrected chi connectivity index (χ4v) is 4.24. The van der Waals surface area contributed by atoms with Gasteiger partial charge >= 0.3 is 0 Å². The third kappa shape index (κ3) is 5.00. The van der Waals surface area contributed by atoms with E-state index >= 15 is 0 Å². The molecular weight excluding hydrogens is 434 g/mol. The molecule has 13 atom stereocenters. The third-order valence-electron chi connectivity index (χ3n) is 6.28. The maximum absolute atomic E-state index is 10.7. The van der Waals surface area contributed by atoms with Crippen LogP contribution in [0.2, 0.25) is 0 Å². The highest BCUT2D eigenvalue weighted by molar-refractivity contribution is 5.23. The normalized spacial score (nSPS) is 50.2. The molecule has 1 unspecified atom stereocenters. The van der Waals surface area contributed by atoms with Crippen LogP contribution in [0.5, 0.6) is 0 Å². The van der Waals surface area contributed by atoms with Gasteiger partial charge in [-0.3, -0.25) is 0 Å². The molecular formula is C19H33NO12. The lowest BCUT2D eigenvalue weighted by atomic mass is 9.86. The summed E-state index contributed by atoms with van der Waals surface area (Å²) in [6.45, 7) is 0.334. The molecule has 1 aliphatic carbocycles. The summed E-state index contributed by atoms with van der Waals surface area (Å²) in [5.74, 6) is 0. The Morgan fingerprint density at radius 2 is 1.62 bits per heavy atom. The molecule has 2 fully saturated rings. The van der Waals surface area contributed by atoms with E-state index in [0.29, 0.717) is 0 Å². The van der Waals surface area contributed by atoms with E-state index in [-0.39, 0.29) is 12.2 Å². The first-order chi connectivity index (χ1) is 15.1. The molecule has 0 bridgehead atoms. The van der Waals surface area contributed by atoms with Crippen LogP contribution >= 0.6 is 0 Å². The Morgan fingerprint density at radius 1 is 0.938 bits per heavy atom. The van der Waals surface area contributed by atoms with Crippen LogP contribution in [0.4, 0.5) is 0 Å². The van der Waals surface area contributed by atoms with Crippen molar-refractivity contribution in [2.75, 3.05) is 19.8 Å². The van der Waals surface area contributed by atoms with Crippen LogP contribution in [-0.4, -0.2) is 145 Å². The van der Waals surface area contributed by atoms with Gasteiger partial charge in [0.2, 0.25) is 0 Å². The maximum Gasteiger partial charge on any atom is 0.187 e. The van der Waals surface area contributed by atoms with Crippen molar-refractivity contribution in [2.45, 2.75) is 86.3 Å². The van der Waals surface area contributed by atoms with Crippen LogP contribution in [0.3, 0.4) is 0 Å². The van der Waals surface area contributed by atoms with Crippen molar-refractivity contribution in [1.29, 1.82) is 0 Å². The van der Waals surface area contributed by atoms with E-state index in [1.54, 1.807) is 6.92 Å². The second kappa shape index (κ2) is 10.7. The van der Waals surface area contributed by atoms with E-state index in [2.05, 4.69) is 5.32 Å². The zero-order valence-corrected chi connectivity index (χ0v) is 17.5. The standard InChI is InChI=1S/C19H33NO12/c1-6-11(13(25)9(23)5-30-6)20-8-2-7(3-21)18(16(28)12(8)24)32-19-17(29)15(27)14(26)10(4-22)31-19/h2,6,8-29H,3-5H2,1H3/t6-,8+,9+,10-,11-,12+,13-,14-,15+,16-,17-,18-,19?/m1/s1. The molecule has 2 saturated heterocycles. The second-order valence-electron chi connectivity index (χ2n) is 8.45. The Morgan fingerprint density at radius 3 is 2.25 bits per heavy atom. The molecule has 0 radical (unpaired) electrons. The second-order valence-corrected chi connectivity index (χ2v) is 8.45. The summed E-state index contributed by atoms with van der Waals surface area (Å²) in [7, 11) is 0. The Hall–Kier alpha value is -0.780. The first-order valence-corrected chi connectivity index (χ1v) is 10.5. The Balaban J connectivity index is 1.76. The minimum Gasteiger partial charge on any atom is -0.394 e. The summed E-state index contributed by atoms with van der Waals surface area (Å²) in [4.78, 5) is 0. The molecule has 0 aromatic carbocycles. The Bertz CT molecular complexity index is 650. The first-order valence-electron chi connectivity index (χ1n) is 10.5. The largest absolute Gasteiger partial charge is 0.394 e. The predicted molar refractivity (Wildman–Crippen MR) is 104 cm³/mol. The molecule has 0 saturated carbocycles. The fourth-order valence-electron chi connectivity index (χ4n) is 4.24. The van der Waals surface area contributed by atoms with Crippen LogP contribution in [0.15, 0.2) is 11.6 Å². The van der Waals surface area contributed by atoms with Gasteiger partial charge in [0.1, 0.15) is 48.8 Å². The van der Waals surface area contributed by atoms with Crippen molar-refractivity contribution in [3.63, 3.8) is 0 Å². The Kier molecular flexibility index (Phi) is 8.60. The first kappa shape index (κ1) is 25.8. The number of ether oxygens (including phenoxy) is 3. The van der Waals surface area contributed by atoms with Crippen molar-refractivity contribution >= 4 is 0 Å². The van der Waals surface area contributed by atoms with Gasteiger partial charge in [-0.05, 0) is 12.5 Å². The lowest BCUT2D eigenvalue weighted by Gasteiger charge is -2.45. The number of rotatable bonds is 6. The van der Waals surface area contributed by atoms with Gasteiger partial charge < -0.3 is 65.5 Å². The van der Waals surface area contributed by atoms with Gasteiger partial charge in [-0.25, -0.2) is 0 Å². The van der Waals surface area contributed by atoms with E-state index in [4.69, 9.17) is 14.2 Å². The van der Waals surface area contributed by atoms with Gasteiger partial charge in [0.25, 0.3) is 0 Å². The lowest BCUT2D eigenvalue weighted by Crippen LogP contribution is -2.65. The topological polar surface area (TPSA) is 222 Å². The SMILES string of the molecule is C[C@H]1OC[C@H](O)[C@@H](O)[C@@H]1N[C@H]1C=C(CO)[C@@H](OC2O[C@H](CO)[C@@H](O)[C@H](O)[C@H]2O)[C@H](O)[C@H]1O. The van der Waals surface area contributed by atoms with E-state index in [1.165, 1.54) is 6.08 Å². The van der Waals surface area contributed by atoms with Crippen molar-refractivity contribution in [3.05, 3.63) is 11.6 Å². The van der Waals surface area contributed by atoms with E-state index < -0.39 is 92.6 Å². The molecule has 32 heavy (non-hydrogen) atoms. The van der Waals surface area contributed by atoms with Crippen molar-refractivity contribution in [3.8, 4) is 0 Å². The summed E-state index contributed by atoms with van der Waals surface area (Å²) in [6.07, 6.45) is -13.8. The summed E-state index contributed by atoms with van der Waals surface area (Å²) in [5, 5.41) is 93.4. The van der Waals surface area contributed by atoms with Crippen LogP contribution in [0.1, 0.15) is 6.92 Å². The summed E-state index contributed by atoms with van der Waals surface area (Å²) < 4.78 is 16.2. The van der Waals surface area contributed by atoms with Crippen LogP contribution in [0.25, 0.3) is 0 Å². The number of aliphatic hydroxyl groups is 9. The number of nitrogens with one attached hydrogen (secondary N) is 1. The highest BCUT2D eigenvalue weighted by Crippen LogP contribution is 2.29. The zero-order chi connectivity index (χ0) is 23.7. The van der Waals surface area contributed by atoms with Gasteiger partial charge in [0.05, 0.1) is 44.1 Å². The number of hydrogen-bond acceptors (Lipinski definition) is 13. The van der Waals surface area contributed by atoms with Gasteiger partial charge in [0, 0.05) is 0 Å². The third-order valence-corrected chi connectivity index (χ3v) is 6.28. The van der Waals surface area contributed by atoms with Gasteiger partial charge in [0.15, 0.2) is 6.29 Å². The highest BCUT2D eigenvalue weighted by Gasteiger charge is 2.48. The minimum absolute atomic E-state index is 0.0525. The molecule has 3 rings (SSSR count). The van der Waals surface area contributed by atoms with Crippen molar-refractivity contribution in [1.82, 2.24) is 5.32 Å². The highest BCUT2D eigenvalue weighted by atomic mass is 16.7. The number of aliphatic hydroxyl groups excluding tert-OH is 9. The molecule has 10 N–H and O–H groups in total. The van der Waals surface area contributed by atoms with Crippen molar-refractivity contribution in [2.24, 2.45) is 0 Å². The Labute approximate surface area is 184 Å². The molecule has 13 heteroatoms. The van der Waals surface area contributed by atoms with Crippen LogP contribution < -0.4 is 5.32 Å². The fraction of sp³-hybridized carbons (Fsp3) is 0.895. The molecule has 0 aromatic heterocycles. The molecule has 0 spiro atoms. The molecule has 2 heterocycles. The molecule has 13 nitrogen and oxygen atoms in total. The summed E-state index contributed by atoms with van der Waals surface area (Å²) in [5.41, 5.74) is 0.108. The van der Waals surface area contributed by atoms with Gasteiger partial charge in [-0.1, -0.05) is 6.08 Å². The van der Waals surface area contributed by atoms with Crippen LogP contribution in [-0.2, 0) is 14.2 Å². The maximum atomic E-state index is 10.7. The molecule has 2 aliphatic heterocycles. The molecule has 0 aromatic rings. The average Bonchev–Trinajstić information content (AvgIpc) is 2.78. The van der Waals surface area contributed by atoms with E-state index in [1.807, 2.05) is 0 Å². The van der Waals surface area contributed by atoms with Crippen LogP contribution in [0, 0.1) is 0 Å². The van der Waals surface area contributed by atoms with Gasteiger partial charge in [-0.2, -0.15) is 0 Å². The predicted octanol–water partition coefficient (Wildman–Crippen LogP) is -5.71. The minimum atomic E-state index is -1.73. The van der Waals surface area contributed by atoms with Crippen molar-refractivity contribution < 1.29 is 60.2 Å². The molecule has 0 amide bonds. The van der Waals surface area contributed by atoms with Gasteiger partial charge in [-0.15, -0.1) is 0 Å². The summed E-state index contributed by atoms with van der Waals surface area (Å²) >= 11 is 0. The monoisotopic (exact) mass is 467 g/mol. The quantitative estimate of drug-likeness (QED) is 0.165. The average molecular weight is 467 g/mol. The lowest BCUT2D eigenvalue weighted by molar-refractivity contribution is -0.316. The van der Waals surface area contributed by atoms with E-state index in [9.17, 15) is 46.0 Å². The summed E-state index contributed by atoms with van der Waals surface area (Å²) in [6, 6.07) is -1.75. The number of hydrogen-bond donors (Lipinski definition) is 10. The zero-order valence-electron chi connectivity index (χ0n) is 17.5. The smallest absolute Gasteiger partial charge is 0.187 e. The van der Waals surface area contributed by atoms with E-state index in [0.717, 1.165) is 0 Å².